The van der Waals surface area contributed by atoms with Gasteiger partial charge in [-0.2, -0.15) is 5.10 Å². The molecule has 0 spiro atoms. The maximum atomic E-state index is 14.9. The summed E-state index contributed by atoms with van der Waals surface area (Å²) in [6, 6.07) is 7.53. The highest BCUT2D eigenvalue weighted by molar-refractivity contribution is 6.54. The molecule has 1 fully saturated rings. The number of pyridine rings is 1. The monoisotopic (exact) mass is 357 g/mol. The Morgan fingerprint density at radius 2 is 1.81 bits per heavy atom. The van der Waals surface area contributed by atoms with Crippen LogP contribution < -0.4 is 0 Å². The van der Waals surface area contributed by atoms with Crippen LogP contribution in [0.4, 0.5) is 4.39 Å². The molecule has 0 bridgehead atoms. The lowest BCUT2D eigenvalue weighted by atomic mass is 9.87. The van der Waals surface area contributed by atoms with Crippen LogP contribution in [0.2, 0.25) is 0 Å². The molecule has 1 saturated heterocycles. The van der Waals surface area contributed by atoms with E-state index in [1.165, 1.54) is 6.08 Å². The van der Waals surface area contributed by atoms with Crippen LogP contribution >= 0.6 is 0 Å². The topological polar surface area (TPSA) is 49.2 Å². The van der Waals surface area contributed by atoms with Crippen LogP contribution in [-0.2, 0) is 9.31 Å². The van der Waals surface area contributed by atoms with Crippen LogP contribution in [0.1, 0.15) is 53.3 Å². The minimum Gasteiger partial charge on any atom is -0.398 e. The van der Waals surface area contributed by atoms with Gasteiger partial charge in [0.25, 0.3) is 0 Å². The van der Waals surface area contributed by atoms with Gasteiger partial charge < -0.3 is 9.31 Å². The SMILES string of the molecule is CC(C)n1nc(-c2ccccn2)cc1C=C(F)B1OC(C)(C)C(C)(C)O1. The van der Waals surface area contributed by atoms with Crippen molar-refractivity contribution in [3.8, 4) is 11.4 Å². The van der Waals surface area contributed by atoms with Crippen molar-refractivity contribution in [1.29, 1.82) is 0 Å². The lowest BCUT2D eigenvalue weighted by Crippen LogP contribution is -2.41. The Hall–Kier alpha value is -1.99. The molecule has 0 amide bonds. The maximum absolute atomic E-state index is 14.9. The van der Waals surface area contributed by atoms with Gasteiger partial charge in [0.15, 0.2) is 0 Å². The zero-order valence-corrected chi connectivity index (χ0v) is 16.2. The van der Waals surface area contributed by atoms with Crippen molar-refractivity contribution in [2.24, 2.45) is 0 Å². The van der Waals surface area contributed by atoms with Gasteiger partial charge >= 0.3 is 7.12 Å². The molecule has 0 aliphatic carbocycles. The molecular formula is C19H25BFN3O2. The number of rotatable bonds is 4. The Morgan fingerprint density at radius 3 is 2.35 bits per heavy atom. The Morgan fingerprint density at radius 1 is 1.15 bits per heavy atom. The van der Waals surface area contributed by atoms with E-state index >= 15 is 0 Å². The van der Waals surface area contributed by atoms with E-state index in [0.717, 1.165) is 5.69 Å². The van der Waals surface area contributed by atoms with Gasteiger partial charge in [-0.1, -0.05) is 6.07 Å². The number of nitrogens with zero attached hydrogens (tertiary/aromatic N) is 3. The average Bonchev–Trinajstić information content (AvgIpc) is 3.07. The maximum Gasteiger partial charge on any atom is 0.525 e. The summed E-state index contributed by atoms with van der Waals surface area (Å²) in [6.07, 6.45) is 3.14. The first kappa shape index (κ1) is 18.8. The molecule has 0 unspecified atom stereocenters. The first-order valence-electron chi connectivity index (χ1n) is 8.84. The summed E-state index contributed by atoms with van der Waals surface area (Å²) < 4.78 is 28.2. The zero-order chi connectivity index (χ0) is 19.1. The molecule has 1 aliphatic heterocycles. The van der Waals surface area contributed by atoms with E-state index in [0.29, 0.717) is 11.4 Å². The Balaban J connectivity index is 1.94. The molecule has 0 atom stereocenters. The molecule has 7 heteroatoms. The molecule has 3 heterocycles. The predicted molar refractivity (Wildman–Crippen MR) is 101 cm³/mol. The summed E-state index contributed by atoms with van der Waals surface area (Å²) in [5, 5.41) is 4.58. The van der Waals surface area contributed by atoms with Crippen LogP contribution in [-0.4, -0.2) is 33.1 Å². The van der Waals surface area contributed by atoms with Gasteiger partial charge in [0, 0.05) is 12.2 Å². The predicted octanol–water partition coefficient (Wildman–Crippen LogP) is 4.47. The van der Waals surface area contributed by atoms with Gasteiger partial charge in [0.05, 0.1) is 22.6 Å². The van der Waals surface area contributed by atoms with Gasteiger partial charge in [-0.05, 0) is 65.8 Å². The van der Waals surface area contributed by atoms with Crippen molar-refractivity contribution in [1.82, 2.24) is 14.8 Å². The van der Waals surface area contributed by atoms with Gasteiger partial charge in [0.1, 0.15) is 11.4 Å². The molecule has 1 aliphatic rings. The standard InChI is InChI=1S/C19H25BFN3O2/c1-13(2)24-14(11-16(23-24)15-9-7-8-10-22-15)12-17(21)20-25-18(3,4)19(5,6)26-20/h7-13H,1-6H3. The van der Waals surface area contributed by atoms with Gasteiger partial charge in [-0.3, -0.25) is 9.67 Å². The van der Waals surface area contributed by atoms with Gasteiger partial charge in [-0.25, -0.2) is 4.39 Å². The third-order valence-corrected chi connectivity index (χ3v) is 4.95. The molecule has 5 nitrogen and oxygen atoms in total. The Kier molecular flexibility index (Phi) is 4.79. The first-order valence-corrected chi connectivity index (χ1v) is 8.84. The zero-order valence-electron chi connectivity index (χ0n) is 16.2. The molecule has 2 aromatic rings. The molecule has 0 saturated carbocycles. The Labute approximate surface area is 154 Å². The largest absolute Gasteiger partial charge is 0.525 e. The molecule has 2 aromatic heterocycles. The molecule has 3 rings (SSSR count). The fourth-order valence-corrected chi connectivity index (χ4v) is 2.73. The van der Waals surface area contributed by atoms with Crippen molar-refractivity contribution in [3.05, 3.63) is 41.9 Å². The third-order valence-electron chi connectivity index (χ3n) is 4.95. The molecule has 138 valence electrons. The van der Waals surface area contributed by atoms with Crippen LogP contribution in [0.15, 0.2) is 36.2 Å². The second-order valence-electron chi connectivity index (χ2n) is 7.83. The highest BCUT2D eigenvalue weighted by atomic mass is 19.1. The van der Waals surface area contributed by atoms with E-state index in [1.54, 1.807) is 10.9 Å². The Bertz CT molecular complexity index is 799. The van der Waals surface area contributed by atoms with Crippen LogP contribution in [0.3, 0.4) is 0 Å². The van der Waals surface area contributed by atoms with Crippen molar-refractivity contribution in [3.63, 3.8) is 0 Å². The van der Waals surface area contributed by atoms with E-state index in [-0.39, 0.29) is 6.04 Å². The number of hydrogen-bond donors (Lipinski definition) is 0. The molecule has 0 radical (unpaired) electrons. The fraction of sp³-hybridized carbons (Fsp3) is 0.474. The van der Waals surface area contributed by atoms with E-state index < -0.39 is 24.0 Å². The molecule has 0 N–H and O–H groups in total. The van der Waals surface area contributed by atoms with Gasteiger partial charge in [-0.15, -0.1) is 0 Å². The van der Waals surface area contributed by atoms with Gasteiger partial charge in [0.2, 0.25) is 0 Å². The molecule has 26 heavy (non-hydrogen) atoms. The van der Waals surface area contributed by atoms with E-state index in [9.17, 15) is 4.39 Å². The summed E-state index contributed by atoms with van der Waals surface area (Å²) in [7, 11) is -1.02. The first-order chi connectivity index (χ1) is 12.1. The minimum atomic E-state index is -1.02. The molecular weight excluding hydrogens is 332 g/mol. The summed E-state index contributed by atoms with van der Waals surface area (Å²) in [5.41, 5.74) is 0.455. The highest BCUT2D eigenvalue weighted by Crippen LogP contribution is 2.39. The van der Waals surface area contributed by atoms with Crippen molar-refractivity contribution >= 4 is 13.2 Å². The van der Waals surface area contributed by atoms with E-state index in [1.807, 2.05) is 65.8 Å². The number of aromatic nitrogens is 3. The highest BCUT2D eigenvalue weighted by Gasteiger charge is 2.53. The van der Waals surface area contributed by atoms with E-state index in [2.05, 4.69) is 10.1 Å². The smallest absolute Gasteiger partial charge is 0.398 e. The quantitative estimate of drug-likeness (QED) is 0.758. The van der Waals surface area contributed by atoms with Crippen LogP contribution in [0.5, 0.6) is 0 Å². The second kappa shape index (κ2) is 6.63. The minimum absolute atomic E-state index is 0.0739. The molecule has 0 aromatic carbocycles. The summed E-state index contributed by atoms with van der Waals surface area (Å²) in [4.78, 5) is 4.32. The number of hydrogen-bond acceptors (Lipinski definition) is 4. The van der Waals surface area contributed by atoms with Crippen LogP contribution in [0.25, 0.3) is 17.5 Å². The summed E-state index contributed by atoms with van der Waals surface area (Å²) >= 11 is 0. The third kappa shape index (κ3) is 3.46. The second-order valence-corrected chi connectivity index (χ2v) is 7.83. The average molecular weight is 357 g/mol. The van der Waals surface area contributed by atoms with Crippen molar-refractivity contribution in [2.75, 3.05) is 0 Å². The van der Waals surface area contributed by atoms with Crippen molar-refractivity contribution in [2.45, 2.75) is 58.8 Å². The summed E-state index contributed by atoms with van der Waals surface area (Å²) in [6.45, 7) is 11.6. The van der Waals surface area contributed by atoms with Crippen LogP contribution in [0, 0.1) is 0 Å². The fourth-order valence-electron chi connectivity index (χ4n) is 2.73. The van der Waals surface area contributed by atoms with Crippen molar-refractivity contribution < 1.29 is 13.7 Å². The lowest BCUT2D eigenvalue weighted by molar-refractivity contribution is 0.00578. The normalized spacial score (nSPS) is 19.4. The lowest BCUT2D eigenvalue weighted by Gasteiger charge is -2.32. The number of halogens is 1. The summed E-state index contributed by atoms with van der Waals surface area (Å²) in [5.74, 6) is 0. The van der Waals surface area contributed by atoms with E-state index in [4.69, 9.17) is 9.31 Å².